The first-order valence-electron chi connectivity index (χ1n) is 8.06. The smallest absolute Gasteiger partial charge is 0.278 e. The van der Waals surface area contributed by atoms with Crippen LogP contribution in [-0.4, -0.2) is 40.7 Å². The van der Waals surface area contributed by atoms with E-state index in [1.54, 1.807) is 11.3 Å². The molecule has 2 aliphatic rings. The molecule has 0 atom stereocenters. The quantitative estimate of drug-likeness (QED) is 0.661. The number of halogens is 1. The first-order valence-corrected chi connectivity index (χ1v) is 8.87. The fourth-order valence-electron chi connectivity index (χ4n) is 3.21. The van der Waals surface area contributed by atoms with Gasteiger partial charge in [0, 0.05) is 41.8 Å². The minimum Gasteiger partial charge on any atom is -0.317 e. The summed E-state index contributed by atoms with van der Waals surface area (Å²) in [6.45, 7) is 3.71. The van der Waals surface area contributed by atoms with Crippen LogP contribution in [0, 0.1) is 0 Å². The van der Waals surface area contributed by atoms with E-state index >= 15 is 0 Å². The van der Waals surface area contributed by atoms with Gasteiger partial charge < -0.3 is 10.6 Å². The summed E-state index contributed by atoms with van der Waals surface area (Å²) in [6, 6.07) is 0. The number of carbonyl (C=O) groups excluding carboxylic acids is 1. The predicted molar refractivity (Wildman–Crippen MR) is 96.2 cm³/mol. The van der Waals surface area contributed by atoms with Gasteiger partial charge in [0.25, 0.3) is 5.91 Å². The molecule has 7 nitrogen and oxygen atoms in total. The highest BCUT2D eigenvalue weighted by Crippen LogP contribution is 2.31. The fraction of sp³-hybridized carbons (Fsp3) is 0.533. The van der Waals surface area contributed by atoms with Crippen LogP contribution in [0.25, 0.3) is 0 Å². The number of nitrogens with one attached hydrogen (secondary N) is 4. The summed E-state index contributed by atoms with van der Waals surface area (Å²) in [4.78, 5) is 18.1. The van der Waals surface area contributed by atoms with Crippen LogP contribution in [0.2, 0.25) is 0 Å². The molecule has 4 heterocycles. The number of hydrogen-bond acceptors (Lipinski definition) is 6. The number of amides is 1. The van der Waals surface area contributed by atoms with Crippen molar-refractivity contribution in [2.75, 3.05) is 25.0 Å². The van der Waals surface area contributed by atoms with E-state index in [1.807, 2.05) is 6.20 Å². The Balaban J connectivity index is 0.00000169. The summed E-state index contributed by atoms with van der Waals surface area (Å²) in [7, 11) is 0. The van der Waals surface area contributed by atoms with Crippen LogP contribution >= 0.6 is 23.7 Å². The second kappa shape index (κ2) is 7.60. The average Bonchev–Trinajstić information content (AvgIpc) is 3.22. The van der Waals surface area contributed by atoms with Gasteiger partial charge in [-0.25, -0.2) is 4.98 Å². The maximum Gasteiger partial charge on any atom is 0.278 e. The van der Waals surface area contributed by atoms with Gasteiger partial charge in [-0.3, -0.25) is 15.2 Å². The zero-order valence-electron chi connectivity index (χ0n) is 13.2. The third-order valence-electron chi connectivity index (χ3n) is 4.51. The van der Waals surface area contributed by atoms with Crippen molar-refractivity contribution in [3.8, 4) is 0 Å². The Labute approximate surface area is 150 Å². The molecule has 9 heteroatoms. The molecule has 0 radical (unpaired) electrons. The highest BCUT2D eigenvalue weighted by molar-refractivity contribution is 7.15. The Kier molecular flexibility index (Phi) is 5.50. The number of piperidine rings is 1. The lowest BCUT2D eigenvalue weighted by atomic mass is 9.97. The van der Waals surface area contributed by atoms with Crippen molar-refractivity contribution in [2.24, 2.45) is 0 Å². The summed E-state index contributed by atoms with van der Waals surface area (Å²) in [5.41, 5.74) is 2.51. The lowest BCUT2D eigenvalue weighted by molar-refractivity contribution is 0.102. The number of aromatic amines is 1. The van der Waals surface area contributed by atoms with Gasteiger partial charge >= 0.3 is 0 Å². The normalized spacial score (nSPS) is 17.8. The number of rotatable bonds is 3. The fourth-order valence-corrected chi connectivity index (χ4v) is 4.19. The van der Waals surface area contributed by atoms with Gasteiger partial charge in [-0.15, -0.1) is 23.7 Å². The molecular formula is C15H21ClN6OS. The summed E-state index contributed by atoms with van der Waals surface area (Å²) >= 11 is 1.58. The molecule has 0 spiro atoms. The molecule has 1 fully saturated rings. The summed E-state index contributed by atoms with van der Waals surface area (Å²) in [5, 5.41) is 17.4. The van der Waals surface area contributed by atoms with Gasteiger partial charge in [-0.05, 0) is 31.8 Å². The van der Waals surface area contributed by atoms with Crippen LogP contribution in [0.1, 0.15) is 45.4 Å². The molecule has 0 aliphatic carbocycles. The number of carbonyl (C=O) groups is 1. The Morgan fingerprint density at radius 2 is 2.08 bits per heavy atom. The second-order valence-corrected chi connectivity index (χ2v) is 7.06. The van der Waals surface area contributed by atoms with Gasteiger partial charge in [-0.1, -0.05) is 0 Å². The van der Waals surface area contributed by atoms with Crippen LogP contribution in [0.5, 0.6) is 0 Å². The van der Waals surface area contributed by atoms with E-state index in [9.17, 15) is 4.79 Å². The monoisotopic (exact) mass is 368 g/mol. The molecule has 0 bridgehead atoms. The topological polar surface area (TPSA) is 94.7 Å². The van der Waals surface area contributed by atoms with E-state index in [-0.39, 0.29) is 18.3 Å². The third-order valence-corrected chi connectivity index (χ3v) is 5.58. The van der Waals surface area contributed by atoms with Crippen molar-refractivity contribution < 1.29 is 4.79 Å². The molecule has 0 unspecified atom stereocenters. The van der Waals surface area contributed by atoms with Crippen LogP contribution < -0.4 is 16.0 Å². The molecule has 4 N–H and O–H groups in total. The van der Waals surface area contributed by atoms with E-state index in [0.717, 1.165) is 50.2 Å². The van der Waals surface area contributed by atoms with Crippen molar-refractivity contribution in [3.63, 3.8) is 0 Å². The van der Waals surface area contributed by atoms with E-state index in [0.29, 0.717) is 23.3 Å². The highest BCUT2D eigenvalue weighted by atomic mass is 35.5. The maximum absolute atomic E-state index is 12.5. The minimum atomic E-state index is -0.183. The van der Waals surface area contributed by atoms with Crippen LogP contribution in [0.4, 0.5) is 5.13 Å². The van der Waals surface area contributed by atoms with E-state index in [2.05, 4.69) is 31.1 Å². The van der Waals surface area contributed by atoms with Crippen molar-refractivity contribution in [2.45, 2.75) is 31.7 Å². The number of H-pyrrole nitrogens is 1. The number of hydrogen-bond donors (Lipinski definition) is 4. The van der Waals surface area contributed by atoms with Crippen LogP contribution in [-0.2, 0) is 13.0 Å². The van der Waals surface area contributed by atoms with Gasteiger partial charge in [-0.2, -0.15) is 5.10 Å². The van der Waals surface area contributed by atoms with E-state index in [1.165, 1.54) is 4.88 Å². The molecule has 2 aliphatic heterocycles. The standard InChI is InChI=1S/C15H20N6OS.ClH/c22-14(13-10-7-17-6-3-11(10)20-21-13)19-15-18-8-12(23-15)9-1-4-16-5-2-9;/h8-9,16-17H,1-7H2,(H,20,21)(H,18,19,22);1H. The summed E-state index contributed by atoms with van der Waals surface area (Å²) in [6.07, 6.45) is 5.05. The molecule has 24 heavy (non-hydrogen) atoms. The second-order valence-electron chi connectivity index (χ2n) is 6.00. The van der Waals surface area contributed by atoms with Gasteiger partial charge in [0.1, 0.15) is 0 Å². The van der Waals surface area contributed by atoms with Gasteiger partial charge in [0.2, 0.25) is 0 Å². The number of fused-ring (bicyclic) bond motifs is 1. The third kappa shape index (κ3) is 3.46. The summed E-state index contributed by atoms with van der Waals surface area (Å²) in [5.74, 6) is 0.374. The molecule has 130 valence electrons. The molecule has 1 amide bonds. The molecule has 2 aromatic heterocycles. The molecular weight excluding hydrogens is 348 g/mol. The SMILES string of the molecule is Cl.O=C(Nc1ncc(C2CCNCC2)s1)c1n[nH]c2c1CNCC2. The van der Waals surface area contributed by atoms with Gasteiger partial charge in [0.15, 0.2) is 10.8 Å². The van der Waals surface area contributed by atoms with Crippen molar-refractivity contribution >= 4 is 34.8 Å². The maximum atomic E-state index is 12.5. The van der Waals surface area contributed by atoms with Crippen LogP contribution in [0.3, 0.4) is 0 Å². The number of nitrogens with zero attached hydrogens (tertiary/aromatic N) is 2. The lowest BCUT2D eigenvalue weighted by Gasteiger charge is -2.20. The Morgan fingerprint density at radius 3 is 2.92 bits per heavy atom. The zero-order chi connectivity index (χ0) is 15.6. The predicted octanol–water partition coefficient (Wildman–Crippen LogP) is 1.65. The number of aromatic nitrogens is 3. The highest BCUT2D eigenvalue weighted by Gasteiger charge is 2.23. The molecule has 2 aromatic rings. The first kappa shape index (κ1) is 17.3. The molecule has 4 rings (SSSR count). The molecule has 0 saturated carbocycles. The Morgan fingerprint density at radius 1 is 1.25 bits per heavy atom. The molecule has 0 aromatic carbocycles. The van der Waals surface area contributed by atoms with E-state index < -0.39 is 0 Å². The Bertz CT molecular complexity index is 709. The van der Waals surface area contributed by atoms with Crippen molar-refractivity contribution in [3.05, 3.63) is 28.0 Å². The average molecular weight is 369 g/mol. The minimum absolute atomic E-state index is 0. The van der Waals surface area contributed by atoms with E-state index in [4.69, 9.17) is 0 Å². The zero-order valence-corrected chi connectivity index (χ0v) is 14.9. The lowest BCUT2D eigenvalue weighted by Crippen LogP contribution is -2.26. The van der Waals surface area contributed by atoms with Crippen molar-refractivity contribution in [1.82, 2.24) is 25.8 Å². The van der Waals surface area contributed by atoms with Crippen LogP contribution in [0.15, 0.2) is 6.20 Å². The first-order chi connectivity index (χ1) is 11.3. The van der Waals surface area contributed by atoms with Crippen molar-refractivity contribution in [1.29, 1.82) is 0 Å². The molecule has 1 saturated heterocycles. The number of thiazole rings is 1. The Hall–Kier alpha value is -1.48. The summed E-state index contributed by atoms with van der Waals surface area (Å²) < 4.78 is 0. The number of anilines is 1. The largest absolute Gasteiger partial charge is 0.317 e. The van der Waals surface area contributed by atoms with Gasteiger partial charge in [0.05, 0.1) is 0 Å².